The Bertz CT molecular complexity index is 738. The van der Waals surface area contributed by atoms with Gasteiger partial charge in [0.1, 0.15) is 30.3 Å². The Labute approximate surface area is 150 Å². The number of ether oxygens (including phenoxy) is 2. The lowest BCUT2D eigenvalue weighted by Gasteiger charge is -2.26. The van der Waals surface area contributed by atoms with Gasteiger partial charge in [0, 0.05) is 19.2 Å². The van der Waals surface area contributed by atoms with Crippen LogP contribution in [0.1, 0.15) is 31.7 Å². The van der Waals surface area contributed by atoms with E-state index in [9.17, 15) is 19.2 Å². The Morgan fingerprint density at radius 1 is 1.31 bits per heavy atom. The van der Waals surface area contributed by atoms with E-state index in [-0.39, 0.29) is 23.6 Å². The summed E-state index contributed by atoms with van der Waals surface area (Å²) in [4.78, 5) is 27.6. The Kier molecular flexibility index (Phi) is 5.38. The second-order valence-corrected chi connectivity index (χ2v) is 6.12. The summed E-state index contributed by atoms with van der Waals surface area (Å²) in [6.07, 6.45) is 2.26. The number of imide groups is 1. The van der Waals surface area contributed by atoms with Crippen molar-refractivity contribution in [3.05, 3.63) is 23.5 Å². The topological polar surface area (TPSA) is 82.9 Å². The predicted molar refractivity (Wildman–Crippen MR) is 90.3 cm³/mol. The number of anilines is 1. The molecule has 0 radical (unpaired) electrons. The molecule has 3 amide bonds. The second kappa shape index (κ2) is 7.70. The van der Waals surface area contributed by atoms with Gasteiger partial charge in [0.2, 0.25) is 0 Å². The highest BCUT2D eigenvalue weighted by Crippen LogP contribution is 2.35. The molecule has 0 aliphatic carbocycles. The molecule has 3 rings (SSSR count). The molecular formula is C18H20FN3O4. The van der Waals surface area contributed by atoms with E-state index in [1.54, 1.807) is 0 Å². The molecule has 2 fully saturated rings. The summed E-state index contributed by atoms with van der Waals surface area (Å²) in [6, 6.07) is 3.04. The van der Waals surface area contributed by atoms with E-state index >= 15 is 0 Å². The summed E-state index contributed by atoms with van der Waals surface area (Å²) in [5.41, 5.74) is -0.181. The van der Waals surface area contributed by atoms with Crippen LogP contribution in [0.3, 0.4) is 0 Å². The number of halogens is 1. The van der Waals surface area contributed by atoms with Crippen LogP contribution in [0.25, 0.3) is 0 Å². The minimum absolute atomic E-state index is 0.000402. The van der Waals surface area contributed by atoms with Crippen LogP contribution in [0, 0.1) is 17.1 Å². The maximum Gasteiger partial charge on any atom is 0.332 e. The van der Waals surface area contributed by atoms with Gasteiger partial charge in [-0.05, 0) is 32.3 Å². The molecule has 1 aromatic carbocycles. The molecular weight excluding hydrogens is 341 g/mol. The first kappa shape index (κ1) is 18.1. The molecule has 138 valence electrons. The molecule has 0 bridgehead atoms. The van der Waals surface area contributed by atoms with Crippen molar-refractivity contribution in [3.8, 4) is 11.8 Å². The fourth-order valence-corrected chi connectivity index (χ4v) is 3.29. The zero-order valence-electron chi connectivity index (χ0n) is 14.5. The summed E-state index contributed by atoms with van der Waals surface area (Å²) in [5.74, 6) is -1.12. The Morgan fingerprint density at radius 2 is 2.12 bits per heavy atom. The number of piperidine rings is 1. The van der Waals surface area contributed by atoms with Crippen molar-refractivity contribution < 1.29 is 23.5 Å². The van der Waals surface area contributed by atoms with Crippen LogP contribution in [0.5, 0.6) is 5.75 Å². The fourth-order valence-electron chi connectivity index (χ4n) is 3.29. The monoisotopic (exact) mass is 361 g/mol. The lowest BCUT2D eigenvalue weighted by Crippen LogP contribution is -2.39. The molecule has 8 heteroatoms. The van der Waals surface area contributed by atoms with E-state index in [0.29, 0.717) is 26.2 Å². The molecule has 1 atom stereocenters. The quantitative estimate of drug-likeness (QED) is 0.574. The van der Waals surface area contributed by atoms with Crippen LogP contribution >= 0.6 is 0 Å². The summed E-state index contributed by atoms with van der Waals surface area (Å²) < 4.78 is 25.2. The van der Waals surface area contributed by atoms with Gasteiger partial charge < -0.3 is 14.4 Å². The van der Waals surface area contributed by atoms with Gasteiger partial charge in [0.25, 0.3) is 5.91 Å². The Hall–Kier alpha value is -2.66. The van der Waals surface area contributed by atoms with Crippen molar-refractivity contribution >= 4 is 17.6 Å². The number of fused-ring (bicyclic) bond motifs is 1. The maximum absolute atomic E-state index is 14.5. The van der Waals surface area contributed by atoms with E-state index in [1.165, 1.54) is 11.0 Å². The normalized spacial score (nSPS) is 19.5. The zero-order valence-corrected chi connectivity index (χ0v) is 14.5. The summed E-state index contributed by atoms with van der Waals surface area (Å²) in [5, 5.41) is 9.19. The molecule has 0 aromatic heterocycles. The third kappa shape index (κ3) is 3.22. The van der Waals surface area contributed by atoms with E-state index in [2.05, 4.69) is 0 Å². The molecule has 2 aliphatic rings. The molecule has 2 saturated heterocycles. The van der Waals surface area contributed by atoms with Crippen LogP contribution in [0.15, 0.2) is 12.1 Å². The molecule has 2 aliphatic heterocycles. The largest absolute Gasteiger partial charge is 0.490 e. The predicted octanol–water partition coefficient (Wildman–Crippen LogP) is 2.43. The summed E-state index contributed by atoms with van der Waals surface area (Å²) in [7, 11) is 0. The minimum Gasteiger partial charge on any atom is -0.490 e. The number of hydrogen-bond donors (Lipinski definition) is 0. The number of amides is 3. The maximum atomic E-state index is 14.5. The molecule has 0 spiro atoms. The molecule has 0 N–H and O–H groups in total. The summed E-state index contributed by atoms with van der Waals surface area (Å²) >= 11 is 0. The van der Waals surface area contributed by atoms with Gasteiger partial charge in [0.05, 0.1) is 17.9 Å². The van der Waals surface area contributed by atoms with Crippen LogP contribution in [0.4, 0.5) is 14.9 Å². The van der Waals surface area contributed by atoms with Gasteiger partial charge in [-0.2, -0.15) is 5.26 Å². The number of urea groups is 1. The van der Waals surface area contributed by atoms with Crippen molar-refractivity contribution in [1.82, 2.24) is 4.90 Å². The van der Waals surface area contributed by atoms with E-state index in [4.69, 9.17) is 9.47 Å². The van der Waals surface area contributed by atoms with Gasteiger partial charge in [0.15, 0.2) is 0 Å². The standard InChI is InChI=1S/C18H20FN3O4/c1-2-25-7-8-26-16-10-15(13(19)9-12(16)11-20)22-17(23)14-5-3-4-6-21(14)18(22)24/h9-10,14H,2-8H2,1H3. The van der Waals surface area contributed by atoms with Crippen LogP contribution < -0.4 is 9.64 Å². The SMILES string of the molecule is CCOCCOc1cc(N2C(=O)C3CCCCN3C2=O)c(F)cc1C#N. The van der Waals surface area contributed by atoms with Gasteiger partial charge >= 0.3 is 6.03 Å². The molecule has 26 heavy (non-hydrogen) atoms. The van der Waals surface area contributed by atoms with Gasteiger partial charge in [-0.1, -0.05) is 0 Å². The average molecular weight is 361 g/mol. The average Bonchev–Trinajstić information content (AvgIpc) is 2.91. The lowest BCUT2D eigenvalue weighted by atomic mass is 10.0. The first-order valence-corrected chi connectivity index (χ1v) is 8.67. The van der Waals surface area contributed by atoms with Gasteiger partial charge in [-0.15, -0.1) is 0 Å². The molecule has 1 unspecified atom stereocenters. The van der Waals surface area contributed by atoms with Crippen molar-refractivity contribution in [2.45, 2.75) is 32.2 Å². The van der Waals surface area contributed by atoms with E-state index in [0.717, 1.165) is 23.8 Å². The van der Waals surface area contributed by atoms with E-state index < -0.39 is 23.8 Å². The molecule has 2 heterocycles. The number of nitriles is 1. The highest BCUT2D eigenvalue weighted by molar-refractivity contribution is 6.21. The van der Waals surface area contributed by atoms with Crippen molar-refractivity contribution in [1.29, 1.82) is 5.26 Å². The molecule has 1 aromatic rings. The van der Waals surface area contributed by atoms with Crippen molar-refractivity contribution in [2.24, 2.45) is 0 Å². The smallest absolute Gasteiger partial charge is 0.332 e. The second-order valence-electron chi connectivity index (χ2n) is 6.12. The lowest BCUT2D eigenvalue weighted by molar-refractivity contribution is -0.120. The number of rotatable bonds is 6. The first-order valence-electron chi connectivity index (χ1n) is 8.67. The molecule has 0 saturated carbocycles. The number of benzene rings is 1. The van der Waals surface area contributed by atoms with E-state index in [1.807, 2.05) is 13.0 Å². The Balaban J connectivity index is 1.90. The fraction of sp³-hybridized carbons (Fsp3) is 0.500. The van der Waals surface area contributed by atoms with Crippen molar-refractivity contribution in [2.75, 3.05) is 31.3 Å². The van der Waals surface area contributed by atoms with Crippen LogP contribution in [-0.4, -0.2) is 49.2 Å². The van der Waals surface area contributed by atoms with Gasteiger partial charge in [-0.25, -0.2) is 14.1 Å². The first-order chi connectivity index (χ1) is 12.6. The number of nitrogens with zero attached hydrogens (tertiary/aromatic N) is 3. The highest BCUT2D eigenvalue weighted by Gasteiger charge is 2.47. The minimum atomic E-state index is -0.805. The third-order valence-corrected chi connectivity index (χ3v) is 4.54. The summed E-state index contributed by atoms with van der Waals surface area (Å²) in [6.45, 7) is 3.34. The number of hydrogen-bond acceptors (Lipinski definition) is 5. The molecule has 7 nitrogen and oxygen atoms in total. The van der Waals surface area contributed by atoms with Crippen LogP contribution in [-0.2, 0) is 9.53 Å². The Morgan fingerprint density at radius 3 is 2.81 bits per heavy atom. The number of carbonyl (C=O) groups excluding carboxylic acids is 2. The zero-order chi connectivity index (χ0) is 18.7. The van der Waals surface area contributed by atoms with Gasteiger partial charge in [-0.3, -0.25) is 4.79 Å². The van der Waals surface area contributed by atoms with Crippen LogP contribution in [0.2, 0.25) is 0 Å². The van der Waals surface area contributed by atoms with Crippen molar-refractivity contribution in [3.63, 3.8) is 0 Å². The number of carbonyl (C=O) groups is 2. The third-order valence-electron chi connectivity index (χ3n) is 4.54. The highest BCUT2D eigenvalue weighted by atomic mass is 19.1.